The highest BCUT2D eigenvalue weighted by Crippen LogP contribution is 2.23. The molecule has 2 aromatic rings. The maximum atomic E-state index is 13.0. The van der Waals surface area contributed by atoms with E-state index in [2.05, 4.69) is 5.32 Å². The first-order valence-corrected chi connectivity index (χ1v) is 13.8. The van der Waals surface area contributed by atoms with Gasteiger partial charge in [0.15, 0.2) is 0 Å². The topological polar surface area (TPSA) is 91.4 Å². The Bertz CT molecular complexity index is 1120. The molecule has 0 radical (unpaired) electrons. The van der Waals surface area contributed by atoms with Crippen LogP contribution in [0, 0.1) is 0 Å². The lowest BCUT2D eigenvalue weighted by atomic mass is 10.1. The van der Waals surface area contributed by atoms with Crippen molar-refractivity contribution in [3.63, 3.8) is 0 Å². The second-order valence-electron chi connectivity index (χ2n) is 11.1. The molecule has 2 fully saturated rings. The van der Waals surface area contributed by atoms with E-state index in [1.54, 1.807) is 9.80 Å². The van der Waals surface area contributed by atoms with Crippen molar-refractivity contribution in [2.45, 2.75) is 64.7 Å². The van der Waals surface area contributed by atoms with Gasteiger partial charge >= 0.3 is 12.2 Å². The second kappa shape index (κ2) is 12.9. The Morgan fingerprint density at radius 1 is 0.949 bits per heavy atom. The van der Waals surface area contributed by atoms with E-state index in [0.717, 1.165) is 36.3 Å². The maximum absolute atomic E-state index is 13.0. The number of hydrogen-bond acceptors (Lipinski definition) is 6. The molecule has 0 saturated carbocycles. The molecule has 0 spiro atoms. The first-order chi connectivity index (χ1) is 18.7. The molecule has 1 N–H and O–H groups in total. The average molecular weight is 537 g/mol. The third-order valence-corrected chi connectivity index (χ3v) is 6.88. The minimum Gasteiger partial charge on any atom is -0.445 e. The molecular weight excluding hydrogens is 496 g/mol. The largest absolute Gasteiger partial charge is 0.445 e. The summed E-state index contributed by atoms with van der Waals surface area (Å²) < 4.78 is 11.2. The van der Waals surface area contributed by atoms with Crippen molar-refractivity contribution >= 4 is 29.5 Å². The van der Waals surface area contributed by atoms with Crippen LogP contribution in [0.25, 0.3) is 0 Å². The number of nitrogens with zero attached hydrogens (tertiary/aromatic N) is 3. The van der Waals surface area contributed by atoms with E-state index in [1.807, 2.05) is 80.3 Å². The Balaban J connectivity index is 1.35. The number of rotatable bonds is 7. The van der Waals surface area contributed by atoms with Gasteiger partial charge in [-0.05, 0) is 69.9 Å². The summed E-state index contributed by atoms with van der Waals surface area (Å²) >= 11 is 0. The van der Waals surface area contributed by atoms with Crippen LogP contribution in [0.15, 0.2) is 54.6 Å². The number of piperazine rings is 1. The van der Waals surface area contributed by atoms with E-state index >= 15 is 0 Å². The number of hydrogen-bond donors (Lipinski definition) is 1. The van der Waals surface area contributed by atoms with E-state index in [-0.39, 0.29) is 30.7 Å². The number of piperidine rings is 1. The molecule has 9 heteroatoms. The van der Waals surface area contributed by atoms with Gasteiger partial charge < -0.3 is 29.5 Å². The van der Waals surface area contributed by atoms with E-state index in [0.29, 0.717) is 39.0 Å². The molecule has 4 rings (SSSR count). The molecule has 210 valence electrons. The molecule has 0 aliphatic carbocycles. The van der Waals surface area contributed by atoms with E-state index in [4.69, 9.17) is 9.47 Å². The van der Waals surface area contributed by atoms with Crippen LogP contribution in [0.4, 0.5) is 21.0 Å². The summed E-state index contributed by atoms with van der Waals surface area (Å²) in [4.78, 5) is 43.3. The highest BCUT2D eigenvalue weighted by atomic mass is 16.6. The van der Waals surface area contributed by atoms with Gasteiger partial charge in [0.2, 0.25) is 5.91 Å². The van der Waals surface area contributed by atoms with Crippen molar-refractivity contribution in [2.24, 2.45) is 0 Å². The molecule has 2 aliphatic rings. The molecule has 3 amide bonds. The number of ether oxygens (including phenoxy) is 2. The van der Waals surface area contributed by atoms with Crippen LogP contribution in [0.1, 0.15) is 52.0 Å². The zero-order chi connectivity index (χ0) is 27.8. The van der Waals surface area contributed by atoms with Gasteiger partial charge in [0, 0.05) is 50.5 Å². The van der Waals surface area contributed by atoms with Gasteiger partial charge in [-0.2, -0.15) is 0 Å². The number of carbonyl (C=O) groups excluding carboxylic acids is 3. The molecule has 0 unspecified atom stereocenters. The molecule has 39 heavy (non-hydrogen) atoms. The molecule has 2 heterocycles. The Kier molecular flexibility index (Phi) is 9.32. The van der Waals surface area contributed by atoms with Gasteiger partial charge in [-0.1, -0.05) is 30.3 Å². The lowest BCUT2D eigenvalue weighted by Crippen LogP contribution is -2.57. The van der Waals surface area contributed by atoms with Crippen molar-refractivity contribution in [3.05, 3.63) is 60.2 Å². The highest BCUT2D eigenvalue weighted by Gasteiger charge is 2.35. The zero-order valence-corrected chi connectivity index (χ0v) is 23.2. The summed E-state index contributed by atoms with van der Waals surface area (Å²) in [7, 11) is 0. The first kappa shape index (κ1) is 28.3. The number of nitrogens with one attached hydrogen (secondary N) is 1. The van der Waals surface area contributed by atoms with E-state index in [9.17, 15) is 14.4 Å². The van der Waals surface area contributed by atoms with E-state index in [1.165, 1.54) is 0 Å². The van der Waals surface area contributed by atoms with Crippen molar-refractivity contribution in [1.82, 2.24) is 9.80 Å². The van der Waals surface area contributed by atoms with Crippen LogP contribution < -0.4 is 10.2 Å². The third kappa shape index (κ3) is 8.12. The maximum Gasteiger partial charge on any atom is 0.410 e. The zero-order valence-electron chi connectivity index (χ0n) is 23.2. The van der Waals surface area contributed by atoms with Crippen molar-refractivity contribution < 1.29 is 23.9 Å². The fourth-order valence-electron chi connectivity index (χ4n) is 4.86. The predicted octanol–water partition coefficient (Wildman–Crippen LogP) is 5.26. The monoisotopic (exact) mass is 536 g/mol. The second-order valence-corrected chi connectivity index (χ2v) is 11.1. The van der Waals surface area contributed by atoms with Gasteiger partial charge in [0.1, 0.15) is 12.2 Å². The van der Waals surface area contributed by atoms with Crippen LogP contribution in [-0.4, -0.2) is 72.3 Å². The third-order valence-electron chi connectivity index (χ3n) is 6.88. The molecule has 2 aliphatic heterocycles. The van der Waals surface area contributed by atoms with Crippen molar-refractivity contribution in [3.8, 4) is 0 Å². The fourth-order valence-corrected chi connectivity index (χ4v) is 4.86. The molecule has 0 aromatic heterocycles. The smallest absolute Gasteiger partial charge is 0.410 e. The number of benzene rings is 2. The number of anilines is 2. The van der Waals surface area contributed by atoms with Gasteiger partial charge in [0.25, 0.3) is 0 Å². The van der Waals surface area contributed by atoms with Gasteiger partial charge in [-0.15, -0.1) is 0 Å². The Hall–Kier alpha value is -3.75. The molecule has 2 saturated heterocycles. The van der Waals surface area contributed by atoms with Gasteiger partial charge in [-0.3, -0.25) is 4.79 Å². The summed E-state index contributed by atoms with van der Waals surface area (Å²) in [5, 5.41) is 3.41. The van der Waals surface area contributed by atoms with Crippen molar-refractivity contribution in [1.29, 1.82) is 0 Å². The molecular formula is C30H40N4O5. The quantitative estimate of drug-likeness (QED) is 0.519. The van der Waals surface area contributed by atoms with E-state index < -0.39 is 5.60 Å². The minimum absolute atomic E-state index is 0.174. The predicted molar refractivity (Wildman–Crippen MR) is 151 cm³/mol. The fraction of sp³-hybridized carbons (Fsp3) is 0.500. The average Bonchev–Trinajstić information content (AvgIpc) is 2.92. The first-order valence-electron chi connectivity index (χ1n) is 13.8. The number of amides is 3. The minimum atomic E-state index is -0.608. The number of carbonyl (C=O) groups is 3. The lowest BCUT2D eigenvalue weighted by molar-refractivity contribution is -0.119. The van der Waals surface area contributed by atoms with Crippen LogP contribution >= 0.6 is 0 Å². The standard InChI is InChI=1S/C30H40N4O5/c1-30(2,3)39-29(37)34-20-19-32(28(36)38-22-23-9-5-4-6-10-23)21-26(34)16-17-31-24-12-14-25(15-13-24)33-18-8-7-11-27(33)35/h4-6,9-10,12-15,26,31H,7-8,11,16-22H2,1-3H3/t26-/m1/s1. The van der Waals surface area contributed by atoms with Gasteiger partial charge in [-0.25, -0.2) is 9.59 Å². The van der Waals surface area contributed by atoms with Crippen LogP contribution in [0.5, 0.6) is 0 Å². The summed E-state index contributed by atoms with van der Waals surface area (Å²) in [6.45, 7) is 8.23. The van der Waals surface area contributed by atoms with Crippen LogP contribution in [0.2, 0.25) is 0 Å². The molecule has 1 atom stereocenters. The summed E-state index contributed by atoms with van der Waals surface area (Å²) in [5.41, 5.74) is 2.17. The Morgan fingerprint density at radius 3 is 2.38 bits per heavy atom. The lowest BCUT2D eigenvalue weighted by Gasteiger charge is -2.41. The van der Waals surface area contributed by atoms with Crippen molar-refractivity contribution in [2.75, 3.05) is 42.9 Å². The Morgan fingerprint density at radius 2 is 1.69 bits per heavy atom. The molecule has 2 aromatic carbocycles. The molecule has 9 nitrogen and oxygen atoms in total. The summed E-state index contributed by atoms with van der Waals surface area (Å²) in [6, 6.07) is 17.2. The summed E-state index contributed by atoms with van der Waals surface area (Å²) in [6.07, 6.45) is 2.45. The van der Waals surface area contributed by atoms with Crippen LogP contribution in [0.3, 0.4) is 0 Å². The molecule has 0 bridgehead atoms. The highest BCUT2D eigenvalue weighted by molar-refractivity contribution is 5.94. The summed E-state index contributed by atoms with van der Waals surface area (Å²) in [5.74, 6) is 0.174. The normalized spacial score (nSPS) is 18.1. The SMILES string of the molecule is CC(C)(C)OC(=O)N1CCN(C(=O)OCc2ccccc2)C[C@H]1CCNc1ccc(N2CCCCC2=O)cc1. The van der Waals surface area contributed by atoms with Crippen LogP contribution in [-0.2, 0) is 20.9 Å². The van der Waals surface area contributed by atoms with Gasteiger partial charge in [0.05, 0.1) is 6.04 Å². The Labute approximate surface area is 231 Å².